The molecule has 0 N–H and O–H groups in total. The molecule has 0 bridgehead atoms. The summed E-state index contributed by atoms with van der Waals surface area (Å²) in [5.41, 5.74) is 0. The molecule has 1 rings (SSSR count). The SMILES string of the molecule is Sc1c(Br)ccc(Cl)c1Br. The van der Waals surface area contributed by atoms with Crippen molar-refractivity contribution >= 4 is 56.1 Å². The van der Waals surface area contributed by atoms with Crippen molar-refractivity contribution in [2.45, 2.75) is 4.90 Å². The summed E-state index contributed by atoms with van der Waals surface area (Å²) < 4.78 is 1.76. The Morgan fingerprint density at radius 2 is 1.90 bits per heavy atom. The Hall–Kier alpha value is 0.820. The van der Waals surface area contributed by atoms with Crippen molar-refractivity contribution in [1.82, 2.24) is 0 Å². The normalized spacial score (nSPS) is 10.0. The van der Waals surface area contributed by atoms with Crippen LogP contribution >= 0.6 is 56.1 Å². The summed E-state index contributed by atoms with van der Waals surface area (Å²) in [6, 6.07) is 3.66. The van der Waals surface area contributed by atoms with Crippen LogP contribution in [0.25, 0.3) is 0 Å². The van der Waals surface area contributed by atoms with E-state index in [1.54, 1.807) is 6.07 Å². The highest BCUT2D eigenvalue weighted by atomic mass is 79.9. The van der Waals surface area contributed by atoms with E-state index < -0.39 is 0 Å². The number of hydrogen-bond acceptors (Lipinski definition) is 1. The number of halogens is 3. The van der Waals surface area contributed by atoms with Crippen molar-refractivity contribution in [3.63, 3.8) is 0 Å². The second kappa shape index (κ2) is 3.48. The second-order valence-electron chi connectivity index (χ2n) is 1.69. The average Bonchev–Trinajstić information content (AvgIpc) is 1.93. The Labute approximate surface area is 86.6 Å². The Morgan fingerprint density at radius 3 is 2.40 bits per heavy atom. The lowest BCUT2D eigenvalue weighted by Gasteiger charge is -2.00. The predicted molar refractivity (Wildman–Crippen MR) is 54.1 cm³/mol. The van der Waals surface area contributed by atoms with Gasteiger partial charge in [0.05, 0.1) is 9.50 Å². The predicted octanol–water partition coefficient (Wildman–Crippen LogP) is 4.15. The molecule has 0 aliphatic carbocycles. The van der Waals surface area contributed by atoms with E-state index in [0.717, 1.165) is 13.8 Å². The lowest BCUT2D eigenvalue weighted by atomic mass is 10.4. The molecule has 0 aromatic heterocycles. The van der Waals surface area contributed by atoms with Crippen molar-refractivity contribution < 1.29 is 0 Å². The monoisotopic (exact) mass is 300 g/mol. The zero-order chi connectivity index (χ0) is 7.72. The van der Waals surface area contributed by atoms with Crippen molar-refractivity contribution in [1.29, 1.82) is 0 Å². The van der Waals surface area contributed by atoms with Gasteiger partial charge in [0.25, 0.3) is 0 Å². The van der Waals surface area contributed by atoms with Crippen LogP contribution in [0.15, 0.2) is 26.0 Å². The molecular formula is C6H3Br2ClS. The number of thiol groups is 1. The average molecular weight is 302 g/mol. The highest BCUT2D eigenvalue weighted by molar-refractivity contribution is 9.11. The zero-order valence-electron chi connectivity index (χ0n) is 4.74. The van der Waals surface area contributed by atoms with E-state index in [9.17, 15) is 0 Å². The molecular weight excluding hydrogens is 299 g/mol. The van der Waals surface area contributed by atoms with Crippen LogP contribution in [0.3, 0.4) is 0 Å². The van der Waals surface area contributed by atoms with E-state index in [-0.39, 0.29) is 0 Å². The number of benzene rings is 1. The molecule has 0 amide bonds. The molecule has 54 valence electrons. The van der Waals surface area contributed by atoms with Crippen molar-refractivity contribution in [3.8, 4) is 0 Å². The summed E-state index contributed by atoms with van der Waals surface area (Å²) in [5, 5.41) is 0.674. The molecule has 0 heterocycles. The molecule has 0 aliphatic heterocycles. The molecule has 1 aromatic carbocycles. The van der Waals surface area contributed by atoms with Crippen LogP contribution in [0.2, 0.25) is 5.02 Å². The highest BCUT2D eigenvalue weighted by Crippen LogP contribution is 2.34. The van der Waals surface area contributed by atoms with Crippen LogP contribution in [0.4, 0.5) is 0 Å². The molecule has 0 spiro atoms. The van der Waals surface area contributed by atoms with Crippen molar-refractivity contribution in [2.75, 3.05) is 0 Å². The van der Waals surface area contributed by atoms with Gasteiger partial charge in [-0.15, -0.1) is 12.6 Å². The number of hydrogen-bond donors (Lipinski definition) is 1. The van der Waals surface area contributed by atoms with Gasteiger partial charge in [0.1, 0.15) is 0 Å². The molecule has 0 atom stereocenters. The molecule has 4 heteroatoms. The van der Waals surface area contributed by atoms with E-state index in [1.807, 2.05) is 6.07 Å². The maximum absolute atomic E-state index is 5.77. The van der Waals surface area contributed by atoms with Crippen LogP contribution in [0.5, 0.6) is 0 Å². The summed E-state index contributed by atoms with van der Waals surface area (Å²) in [6.45, 7) is 0. The first-order valence-corrected chi connectivity index (χ1v) is 4.86. The molecule has 0 unspecified atom stereocenters. The molecule has 0 radical (unpaired) electrons. The molecule has 0 aliphatic rings. The quantitative estimate of drug-likeness (QED) is 0.540. The van der Waals surface area contributed by atoms with Gasteiger partial charge in [-0.05, 0) is 44.0 Å². The summed E-state index contributed by atoms with van der Waals surface area (Å²) in [7, 11) is 0. The minimum absolute atomic E-state index is 0.674. The van der Waals surface area contributed by atoms with Gasteiger partial charge >= 0.3 is 0 Å². The first kappa shape index (κ1) is 8.91. The van der Waals surface area contributed by atoms with Crippen LogP contribution < -0.4 is 0 Å². The lowest BCUT2D eigenvalue weighted by molar-refractivity contribution is 1.37. The fraction of sp³-hybridized carbons (Fsp3) is 0. The van der Waals surface area contributed by atoms with Gasteiger partial charge in [-0.3, -0.25) is 0 Å². The minimum Gasteiger partial charge on any atom is -0.141 e. The van der Waals surface area contributed by atoms with Gasteiger partial charge in [0, 0.05) is 9.37 Å². The molecule has 0 fully saturated rings. The van der Waals surface area contributed by atoms with Gasteiger partial charge in [-0.2, -0.15) is 0 Å². The topological polar surface area (TPSA) is 0 Å². The highest BCUT2D eigenvalue weighted by Gasteiger charge is 2.03. The van der Waals surface area contributed by atoms with Crippen molar-refractivity contribution in [2.24, 2.45) is 0 Å². The molecule has 0 saturated carbocycles. The molecule has 10 heavy (non-hydrogen) atoms. The first-order valence-electron chi connectivity index (χ1n) is 2.45. The first-order chi connectivity index (χ1) is 4.63. The van der Waals surface area contributed by atoms with Crippen LogP contribution in [-0.2, 0) is 0 Å². The summed E-state index contributed by atoms with van der Waals surface area (Å²) in [5.74, 6) is 0. The second-order valence-corrected chi connectivity index (χ2v) is 4.19. The smallest absolute Gasteiger partial charge is 0.0560 e. The largest absolute Gasteiger partial charge is 0.141 e. The van der Waals surface area contributed by atoms with E-state index in [2.05, 4.69) is 44.5 Å². The van der Waals surface area contributed by atoms with Crippen molar-refractivity contribution in [3.05, 3.63) is 26.1 Å². The van der Waals surface area contributed by atoms with E-state index >= 15 is 0 Å². The third-order valence-corrected chi connectivity index (χ3v) is 4.12. The molecule has 0 saturated heterocycles. The standard InChI is InChI=1S/C6H3Br2ClS/c7-3-1-2-4(9)5(8)6(3)10/h1-2,10H. The Kier molecular flexibility index (Phi) is 3.10. The summed E-state index contributed by atoms with van der Waals surface area (Å²) >= 11 is 16.6. The van der Waals surface area contributed by atoms with Gasteiger partial charge in [0.15, 0.2) is 0 Å². The zero-order valence-corrected chi connectivity index (χ0v) is 9.56. The van der Waals surface area contributed by atoms with E-state index in [0.29, 0.717) is 5.02 Å². The summed E-state index contributed by atoms with van der Waals surface area (Å²) in [6.07, 6.45) is 0. The van der Waals surface area contributed by atoms with Gasteiger partial charge in [-0.1, -0.05) is 11.6 Å². The lowest BCUT2D eigenvalue weighted by Crippen LogP contribution is -1.73. The third kappa shape index (κ3) is 1.70. The minimum atomic E-state index is 0.674. The molecule has 0 nitrogen and oxygen atoms in total. The van der Waals surface area contributed by atoms with Crippen LogP contribution in [0.1, 0.15) is 0 Å². The maximum atomic E-state index is 5.77. The van der Waals surface area contributed by atoms with Gasteiger partial charge in [-0.25, -0.2) is 0 Å². The van der Waals surface area contributed by atoms with Crippen LogP contribution in [0, 0.1) is 0 Å². The van der Waals surface area contributed by atoms with Gasteiger partial charge in [0.2, 0.25) is 0 Å². The molecule has 1 aromatic rings. The Balaban J connectivity index is 3.34. The fourth-order valence-corrected chi connectivity index (χ4v) is 1.88. The van der Waals surface area contributed by atoms with Gasteiger partial charge < -0.3 is 0 Å². The Morgan fingerprint density at radius 1 is 1.30 bits per heavy atom. The summed E-state index contributed by atoms with van der Waals surface area (Å²) in [4.78, 5) is 0.826. The van der Waals surface area contributed by atoms with Crippen LogP contribution in [-0.4, -0.2) is 0 Å². The Bertz CT molecular complexity index is 235. The van der Waals surface area contributed by atoms with E-state index in [4.69, 9.17) is 11.6 Å². The maximum Gasteiger partial charge on any atom is 0.0560 e. The fourth-order valence-electron chi connectivity index (χ4n) is 0.516. The third-order valence-electron chi connectivity index (χ3n) is 1.02. The number of rotatable bonds is 0. The van der Waals surface area contributed by atoms with E-state index in [1.165, 1.54) is 0 Å².